The highest BCUT2D eigenvalue weighted by atomic mass is 16.7. The zero-order valence-electron chi connectivity index (χ0n) is 39.8. The molecule has 0 aromatic heterocycles. The Kier molecular flexibility index (Phi) is 41.3. The van der Waals surface area contributed by atoms with Gasteiger partial charge in [-0.3, -0.25) is 4.79 Å². The Morgan fingerprint density at radius 2 is 0.968 bits per heavy atom. The van der Waals surface area contributed by atoms with E-state index >= 15 is 0 Å². The molecule has 0 amide bonds. The molecule has 1 rings (SSSR count). The Labute approximate surface area is 384 Å². The maximum atomic E-state index is 12.8. The molecule has 1 aliphatic heterocycles. The highest BCUT2D eigenvalue weighted by molar-refractivity contribution is 5.69. The minimum atomic E-state index is -1.55. The van der Waals surface area contributed by atoms with Gasteiger partial charge >= 0.3 is 5.97 Å². The van der Waals surface area contributed by atoms with Gasteiger partial charge in [-0.25, -0.2) is 0 Å². The Morgan fingerprint density at radius 1 is 0.524 bits per heavy atom. The molecule has 0 bridgehead atoms. The quantitative estimate of drug-likeness (QED) is 0.0268. The zero-order chi connectivity index (χ0) is 45.7. The molecular formula is C54H92O9. The van der Waals surface area contributed by atoms with Crippen molar-refractivity contribution < 1.29 is 44.2 Å². The maximum Gasteiger partial charge on any atom is 0.306 e. The van der Waals surface area contributed by atoms with Crippen LogP contribution in [0.25, 0.3) is 0 Å². The number of hydrogen-bond donors (Lipinski definition) is 4. The second kappa shape index (κ2) is 44.6. The van der Waals surface area contributed by atoms with E-state index in [1.807, 2.05) is 0 Å². The first-order valence-electron chi connectivity index (χ1n) is 25.2. The normalized spacial score (nSPS) is 20.4. The summed E-state index contributed by atoms with van der Waals surface area (Å²) < 4.78 is 22.8. The lowest BCUT2D eigenvalue weighted by Gasteiger charge is -2.39. The molecular weight excluding hydrogens is 793 g/mol. The van der Waals surface area contributed by atoms with Gasteiger partial charge in [-0.05, 0) is 89.9 Å². The van der Waals surface area contributed by atoms with Crippen molar-refractivity contribution in [1.29, 1.82) is 0 Å². The monoisotopic (exact) mass is 885 g/mol. The molecule has 6 atom stereocenters. The van der Waals surface area contributed by atoms with E-state index in [-0.39, 0.29) is 25.6 Å². The summed E-state index contributed by atoms with van der Waals surface area (Å²) in [4.78, 5) is 12.8. The van der Waals surface area contributed by atoms with Crippen molar-refractivity contribution in [2.75, 3.05) is 26.4 Å². The first kappa shape index (κ1) is 58.4. The number of unbranched alkanes of at least 4 members (excludes halogenated alkanes) is 17. The molecule has 1 fully saturated rings. The standard InChI is InChI=1S/C54H92O9/c1-3-5-7-9-11-13-15-17-19-21-22-23-24-25-26-27-29-31-33-35-37-39-41-43-50(56)62-48(47-61-54-53(59)52(58)51(57)49(45-55)63-54)46-60-44-42-40-38-36-34-32-30-28-20-18-16-14-12-10-8-6-4-2/h5,7,11,13,17,19-20,22-23,25-26,28-29,31,48-49,51-55,57-59H,3-4,6,8-10,12,14-16,18,21,24,27,30,32-47H2,1-2H3/b7-5-,13-11-,19-17-,23-22-,26-25-,28-20-,31-29-. The van der Waals surface area contributed by atoms with Crippen LogP contribution in [0.15, 0.2) is 85.1 Å². The van der Waals surface area contributed by atoms with E-state index in [4.69, 9.17) is 18.9 Å². The molecule has 362 valence electrons. The summed E-state index contributed by atoms with van der Waals surface area (Å²) in [6.45, 7) is 4.39. The first-order valence-corrected chi connectivity index (χ1v) is 25.2. The third-order valence-corrected chi connectivity index (χ3v) is 11.0. The number of carbonyl (C=O) groups excluding carboxylic acids is 1. The largest absolute Gasteiger partial charge is 0.457 e. The second-order valence-corrected chi connectivity index (χ2v) is 16.9. The smallest absolute Gasteiger partial charge is 0.306 e. The number of rotatable bonds is 42. The number of esters is 1. The topological polar surface area (TPSA) is 135 Å². The SMILES string of the molecule is CC/C=C\C/C=C\C/C=C\C/C=C\C/C=C\C/C=C\CCCCCCC(=O)OC(COCCCCCCCC/C=C\CCCCCCCCC)COC1OC(CO)C(O)C(O)C1O. The van der Waals surface area contributed by atoms with Crippen LogP contribution < -0.4 is 0 Å². The summed E-state index contributed by atoms with van der Waals surface area (Å²) in [5, 5.41) is 40.2. The van der Waals surface area contributed by atoms with Crippen molar-refractivity contribution in [3.8, 4) is 0 Å². The Morgan fingerprint density at radius 3 is 1.48 bits per heavy atom. The van der Waals surface area contributed by atoms with E-state index in [1.165, 1.54) is 70.6 Å². The van der Waals surface area contributed by atoms with E-state index in [2.05, 4.69) is 98.9 Å². The third kappa shape index (κ3) is 35.3. The predicted molar refractivity (Wildman–Crippen MR) is 260 cm³/mol. The van der Waals surface area contributed by atoms with E-state index < -0.39 is 43.4 Å². The number of ether oxygens (including phenoxy) is 4. The Balaban J connectivity index is 2.26. The van der Waals surface area contributed by atoms with Crippen molar-refractivity contribution in [3.63, 3.8) is 0 Å². The van der Waals surface area contributed by atoms with Gasteiger partial charge in [-0.1, -0.05) is 176 Å². The van der Waals surface area contributed by atoms with Crippen molar-refractivity contribution in [2.24, 2.45) is 0 Å². The molecule has 9 heteroatoms. The fourth-order valence-corrected chi connectivity index (χ4v) is 7.14. The molecule has 4 N–H and O–H groups in total. The third-order valence-electron chi connectivity index (χ3n) is 11.0. The van der Waals surface area contributed by atoms with E-state index in [9.17, 15) is 25.2 Å². The fraction of sp³-hybridized carbons (Fsp3) is 0.722. The summed E-state index contributed by atoms with van der Waals surface area (Å²) in [5.41, 5.74) is 0. The van der Waals surface area contributed by atoms with Crippen molar-refractivity contribution in [1.82, 2.24) is 0 Å². The van der Waals surface area contributed by atoms with Gasteiger partial charge in [0, 0.05) is 13.0 Å². The summed E-state index contributed by atoms with van der Waals surface area (Å²) in [7, 11) is 0. The highest BCUT2D eigenvalue weighted by Gasteiger charge is 2.44. The molecule has 1 heterocycles. The van der Waals surface area contributed by atoms with Gasteiger partial charge in [0.05, 0.1) is 19.8 Å². The molecule has 0 aliphatic carbocycles. The van der Waals surface area contributed by atoms with E-state index in [0.717, 1.165) is 96.3 Å². The van der Waals surface area contributed by atoms with Crippen LogP contribution >= 0.6 is 0 Å². The average molecular weight is 885 g/mol. The molecule has 9 nitrogen and oxygen atoms in total. The predicted octanol–water partition coefficient (Wildman–Crippen LogP) is 12.2. The molecule has 0 saturated carbocycles. The summed E-state index contributed by atoms with van der Waals surface area (Å²) in [6.07, 6.45) is 53.2. The summed E-state index contributed by atoms with van der Waals surface area (Å²) >= 11 is 0. The van der Waals surface area contributed by atoms with Crippen LogP contribution in [0.4, 0.5) is 0 Å². The van der Waals surface area contributed by atoms with Crippen molar-refractivity contribution in [2.45, 2.75) is 224 Å². The van der Waals surface area contributed by atoms with Crippen LogP contribution in [-0.2, 0) is 23.7 Å². The lowest BCUT2D eigenvalue weighted by Crippen LogP contribution is -2.59. The number of allylic oxidation sites excluding steroid dienone is 14. The maximum absolute atomic E-state index is 12.8. The molecule has 0 radical (unpaired) electrons. The average Bonchev–Trinajstić information content (AvgIpc) is 3.28. The number of aliphatic hydroxyl groups excluding tert-OH is 4. The Hall–Kier alpha value is -2.63. The minimum absolute atomic E-state index is 0.125. The van der Waals surface area contributed by atoms with Gasteiger partial charge in [0.25, 0.3) is 0 Å². The molecule has 6 unspecified atom stereocenters. The van der Waals surface area contributed by atoms with Gasteiger partial charge in [-0.2, -0.15) is 0 Å². The first-order chi connectivity index (χ1) is 30.9. The number of aliphatic hydroxyl groups is 4. The molecule has 1 saturated heterocycles. The van der Waals surface area contributed by atoms with Gasteiger partial charge in [0.2, 0.25) is 0 Å². The van der Waals surface area contributed by atoms with Gasteiger partial charge in [0.15, 0.2) is 6.29 Å². The van der Waals surface area contributed by atoms with Gasteiger partial charge in [0.1, 0.15) is 30.5 Å². The second-order valence-electron chi connectivity index (χ2n) is 16.9. The van der Waals surface area contributed by atoms with Crippen molar-refractivity contribution in [3.05, 3.63) is 85.1 Å². The van der Waals surface area contributed by atoms with Crippen LogP contribution in [0.2, 0.25) is 0 Å². The van der Waals surface area contributed by atoms with Crippen LogP contribution in [0, 0.1) is 0 Å². The van der Waals surface area contributed by atoms with Gasteiger partial charge in [-0.15, -0.1) is 0 Å². The van der Waals surface area contributed by atoms with Gasteiger partial charge < -0.3 is 39.4 Å². The summed E-state index contributed by atoms with van der Waals surface area (Å²) in [6, 6.07) is 0. The minimum Gasteiger partial charge on any atom is -0.457 e. The molecule has 63 heavy (non-hydrogen) atoms. The van der Waals surface area contributed by atoms with Crippen LogP contribution in [0.5, 0.6) is 0 Å². The van der Waals surface area contributed by atoms with E-state index in [0.29, 0.717) is 6.61 Å². The van der Waals surface area contributed by atoms with Crippen LogP contribution in [0.3, 0.4) is 0 Å². The summed E-state index contributed by atoms with van der Waals surface area (Å²) in [5.74, 6) is -0.342. The number of carbonyl (C=O) groups is 1. The lowest BCUT2D eigenvalue weighted by atomic mass is 9.99. The van der Waals surface area contributed by atoms with Crippen LogP contribution in [-0.4, -0.2) is 89.6 Å². The molecule has 0 aromatic rings. The van der Waals surface area contributed by atoms with Crippen LogP contribution in [0.1, 0.15) is 187 Å². The zero-order valence-corrected chi connectivity index (χ0v) is 39.8. The number of hydrogen-bond acceptors (Lipinski definition) is 9. The Bertz CT molecular complexity index is 1240. The fourth-order valence-electron chi connectivity index (χ4n) is 7.14. The van der Waals surface area contributed by atoms with E-state index in [1.54, 1.807) is 0 Å². The molecule has 0 spiro atoms. The highest BCUT2D eigenvalue weighted by Crippen LogP contribution is 2.22. The lowest BCUT2D eigenvalue weighted by molar-refractivity contribution is -0.305. The molecule has 1 aliphatic rings. The van der Waals surface area contributed by atoms with Crippen molar-refractivity contribution >= 4 is 5.97 Å². The molecule has 0 aromatic carbocycles.